The van der Waals surface area contributed by atoms with Gasteiger partial charge < -0.3 is 10.2 Å². The van der Waals surface area contributed by atoms with Crippen LogP contribution in [-0.2, 0) is 0 Å². The van der Waals surface area contributed by atoms with Crippen molar-refractivity contribution in [2.45, 2.75) is 6.04 Å². The summed E-state index contributed by atoms with van der Waals surface area (Å²) in [6.07, 6.45) is 1.52. The molecule has 4 aromatic rings. The van der Waals surface area contributed by atoms with E-state index in [9.17, 15) is 0 Å². The molecule has 136 valence electrons. The molecule has 3 heterocycles. The molecule has 1 aliphatic heterocycles. The van der Waals surface area contributed by atoms with E-state index in [2.05, 4.69) is 73.0 Å². The molecule has 7 nitrogen and oxygen atoms in total. The second-order valence-electron chi connectivity index (χ2n) is 7.06. The van der Waals surface area contributed by atoms with Gasteiger partial charge in [-0.05, 0) is 36.9 Å². The number of piperazine rings is 1. The normalized spacial score (nSPS) is 18.2. The second-order valence-corrected chi connectivity index (χ2v) is 7.06. The minimum absolute atomic E-state index is 0.346. The minimum Gasteiger partial charge on any atom is -0.308 e. The van der Waals surface area contributed by atoms with Gasteiger partial charge in [0.2, 0.25) is 0 Å². The predicted molar refractivity (Wildman–Crippen MR) is 105 cm³/mol. The first-order valence-corrected chi connectivity index (χ1v) is 9.14. The number of benzene rings is 2. The van der Waals surface area contributed by atoms with Crippen LogP contribution in [0.1, 0.15) is 11.6 Å². The van der Waals surface area contributed by atoms with Crippen molar-refractivity contribution in [2.24, 2.45) is 0 Å². The molecule has 7 heteroatoms. The van der Waals surface area contributed by atoms with E-state index in [1.54, 1.807) is 0 Å². The summed E-state index contributed by atoms with van der Waals surface area (Å²) in [5.41, 5.74) is 5.37. The Morgan fingerprint density at radius 1 is 1.07 bits per heavy atom. The van der Waals surface area contributed by atoms with Crippen molar-refractivity contribution >= 4 is 10.9 Å². The van der Waals surface area contributed by atoms with Gasteiger partial charge in [0.05, 0.1) is 11.2 Å². The Kier molecular flexibility index (Phi) is 3.95. The van der Waals surface area contributed by atoms with Crippen molar-refractivity contribution < 1.29 is 0 Å². The van der Waals surface area contributed by atoms with Crippen LogP contribution in [0, 0.1) is 0 Å². The zero-order valence-electron chi connectivity index (χ0n) is 15.1. The summed E-state index contributed by atoms with van der Waals surface area (Å²) in [5.74, 6) is 0.757. The molecule has 27 heavy (non-hydrogen) atoms. The third-order valence-electron chi connectivity index (χ3n) is 5.19. The fraction of sp³-hybridized carbons (Fsp3) is 0.250. The van der Waals surface area contributed by atoms with Gasteiger partial charge in [0, 0.05) is 42.2 Å². The molecule has 0 bridgehead atoms. The van der Waals surface area contributed by atoms with E-state index in [-0.39, 0.29) is 0 Å². The topological polar surface area (TPSA) is 85.5 Å². The molecule has 0 amide bonds. The van der Waals surface area contributed by atoms with Crippen LogP contribution in [0.4, 0.5) is 0 Å². The van der Waals surface area contributed by atoms with Crippen molar-refractivity contribution in [3.63, 3.8) is 0 Å². The highest BCUT2D eigenvalue weighted by atomic mass is 15.2. The monoisotopic (exact) mass is 359 g/mol. The third kappa shape index (κ3) is 3.01. The van der Waals surface area contributed by atoms with Crippen molar-refractivity contribution in [2.75, 3.05) is 26.7 Å². The number of aromatic nitrogens is 5. The summed E-state index contributed by atoms with van der Waals surface area (Å²) in [5, 5.41) is 19.3. The molecule has 2 aromatic carbocycles. The fourth-order valence-electron chi connectivity index (χ4n) is 3.75. The van der Waals surface area contributed by atoms with Gasteiger partial charge in [-0.2, -0.15) is 10.2 Å². The van der Waals surface area contributed by atoms with Gasteiger partial charge in [0.25, 0.3) is 0 Å². The first-order valence-electron chi connectivity index (χ1n) is 9.14. The van der Waals surface area contributed by atoms with Crippen LogP contribution in [0.5, 0.6) is 0 Å². The minimum atomic E-state index is 0.346. The van der Waals surface area contributed by atoms with Crippen LogP contribution < -0.4 is 5.32 Å². The molecule has 5 rings (SSSR count). The first kappa shape index (κ1) is 16.2. The van der Waals surface area contributed by atoms with Crippen LogP contribution in [0.2, 0.25) is 0 Å². The first-order chi connectivity index (χ1) is 13.3. The Labute approximate surface area is 156 Å². The van der Waals surface area contributed by atoms with Crippen LogP contribution in [0.25, 0.3) is 33.5 Å². The number of rotatable bonds is 3. The van der Waals surface area contributed by atoms with Crippen molar-refractivity contribution in [3.8, 4) is 22.6 Å². The fourth-order valence-corrected chi connectivity index (χ4v) is 3.75. The van der Waals surface area contributed by atoms with Crippen molar-refractivity contribution in [1.29, 1.82) is 0 Å². The van der Waals surface area contributed by atoms with Gasteiger partial charge in [-0.3, -0.25) is 10.2 Å². The molecule has 1 saturated heterocycles. The van der Waals surface area contributed by atoms with Crippen LogP contribution in [-0.4, -0.2) is 57.0 Å². The Balaban J connectivity index is 1.55. The van der Waals surface area contributed by atoms with E-state index < -0.39 is 0 Å². The van der Waals surface area contributed by atoms with E-state index in [1.807, 2.05) is 12.1 Å². The lowest BCUT2D eigenvalue weighted by Crippen LogP contribution is -2.43. The SMILES string of the molecule is CN1CCNC(c2cccc(-c3n[nH]c4ccc(-c5ncn[nH]5)cc34)c2)C1. The number of hydrogen-bond acceptors (Lipinski definition) is 5. The summed E-state index contributed by atoms with van der Waals surface area (Å²) < 4.78 is 0. The average molecular weight is 359 g/mol. The molecule has 0 spiro atoms. The Morgan fingerprint density at radius 2 is 2.04 bits per heavy atom. The number of H-pyrrole nitrogens is 2. The van der Waals surface area contributed by atoms with Crippen molar-refractivity contribution in [1.82, 2.24) is 35.6 Å². The molecule has 1 atom stereocenters. The van der Waals surface area contributed by atoms with Crippen LogP contribution >= 0.6 is 0 Å². The molecule has 2 aromatic heterocycles. The Hall–Kier alpha value is -3.03. The maximum atomic E-state index is 4.59. The number of nitrogens with zero attached hydrogens (tertiary/aromatic N) is 4. The number of likely N-dealkylation sites (N-methyl/N-ethyl adjacent to an activating group) is 1. The van der Waals surface area contributed by atoms with E-state index in [0.717, 1.165) is 53.2 Å². The molecule has 3 N–H and O–H groups in total. The molecule has 1 aliphatic rings. The largest absolute Gasteiger partial charge is 0.308 e. The zero-order chi connectivity index (χ0) is 18.2. The summed E-state index contributed by atoms with van der Waals surface area (Å²) in [4.78, 5) is 6.61. The lowest BCUT2D eigenvalue weighted by molar-refractivity contribution is 0.241. The molecular formula is C20H21N7. The van der Waals surface area contributed by atoms with Gasteiger partial charge in [0.15, 0.2) is 5.82 Å². The average Bonchev–Trinajstić information content (AvgIpc) is 3.37. The third-order valence-corrected chi connectivity index (χ3v) is 5.19. The van der Waals surface area contributed by atoms with Gasteiger partial charge >= 0.3 is 0 Å². The van der Waals surface area contributed by atoms with Gasteiger partial charge in [-0.25, -0.2) is 4.98 Å². The van der Waals surface area contributed by atoms with E-state index >= 15 is 0 Å². The number of aromatic amines is 2. The van der Waals surface area contributed by atoms with Crippen LogP contribution in [0.3, 0.4) is 0 Å². The Morgan fingerprint density at radius 3 is 2.89 bits per heavy atom. The smallest absolute Gasteiger partial charge is 0.155 e. The maximum Gasteiger partial charge on any atom is 0.155 e. The summed E-state index contributed by atoms with van der Waals surface area (Å²) >= 11 is 0. The highest BCUT2D eigenvalue weighted by Crippen LogP contribution is 2.31. The van der Waals surface area contributed by atoms with E-state index in [4.69, 9.17) is 0 Å². The zero-order valence-corrected chi connectivity index (χ0v) is 15.1. The molecule has 0 aliphatic carbocycles. The highest BCUT2D eigenvalue weighted by molar-refractivity contribution is 5.95. The van der Waals surface area contributed by atoms with Gasteiger partial charge in [0.1, 0.15) is 6.33 Å². The summed E-state index contributed by atoms with van der Waals surface area (Å²) in [6.45, 7) is 3.11. The van der Waals surface area contributed by atoms with Gasteiger partial charge in [-0.1, -0.05) is 18.2 Å². The van der Waals surface area contributed by atoms with Crippen molar-refractivity contribution in [3.05, 3.63) is 54.4 Å². The molecule has 0 radical (unpaired) electrons. The number of hydrogen-bond donors (Lipinski definition) is 3. The second kappa shape index (κ2) is 6.61. The predicted octanol–water partition coefficient (Wildman–Crippen LogP) is 2.59. The number of nitrogens with one attached hydrogen (secondary N) is 3. The lowest BCUT2D eigenvalue weighted by atomic mass is 9.99. The van der Waals surface area contributed by atoms with E-state index in [1.165, 1.54) is 11.9 Å². The molecule has 1 fully saturated rings. The highest BCUT2D eigenvalue weighted by Gasteiger charge is 2.19. The molecular weight excluding hydrogens is 338 g/mol. The Bertz CT molecular complexity index is 1070. The quantitative estimate of drug-likeness (QED) is 0.523. The van der Waals surface area contributed by atoms with Crippen LogP contribution in [0.15, 0.2) is 48.8 Å². The van der Waals surface area contributed by atoms with Gasteiger partial charge in [-0.15, -0.1) is 0 Å². The summed E-state index contributed by atoms with van der Waals surface area (Å²) in [7, 11) is 2.17. The molecule has 0 saturated carbocycles. The van der Waals surface area contributed by atoms with E-state index in [0.29, 0.717) is 6.04 Å². The maximum absolute atomic E-state index is 4.59. The number of fused-ring (bicyclic) bond motifs is 1. The standard InChI is InChI=1S/C20H21N7/c1-27-8-7-21-18(11-27)13-3-2-4-14(9-13)19-16-10-15(20-22-12-23-26-20)5-6-17(16)24-25-19/h2-6,9-10,12,18,21H,7-8,11H2,1H3,(H,24,25)(H,22,23,26). The summed E-state index contributed by atoms with van der Waals surface area (Å²) in [6, 6.07) is 15.2. The lowest BCUT2D eigenvalue weighted by Gasteiger charge is -2.31. The molecule has 1 unspecified atom stereocenters.